The monoisotopic (exact) mass is 591 g/mol. The molecule has 2 aliphatic rings. The topological polar surface area (TPSA) is 128 Å². The number of anilines is 2. The Hall–Kier alpha value is -4.97. The van der Waals surface area contributed by atoms with Crippen molar-refractivity contribution in [1.29, 1.82) is 0 Å². The lowest BCUT2D eigenvalue weighted by atomic mass is 10.0. The van der Waals surface area contributed by atoms with Crippen LogP contribution in [0.2, 0.25) is 0 Å². The van der Waals surface area contributed by atoms with Crippen LogP contribution in [0.15, 0.2) is 60.8 Å². The van der Waals surface area contributed by atoms with E-state index in [4.69, 9.17) is 24.1 Å². The summed E-state index contributed by atoms with van der Waals surface area (Å²) in [5, 5.41) is 14.8. The van der Waals surface area contributed by atoms with Crippen LogP contribution in [0.3, 0.4) is 0 Å². The lowest BCUT2D eigenvalue weighted by Gasteiger charge is -2.23. The van der Waals surface area contributed by atoms with E-state index in [1.165, 1.54) is 42.6 Å². The van der Waals surface area contributed by atoms with E-state index in [1.807, 2.05) is 0 Å². The van der Waals surface area contributed by atoms with Gasteiger partial charge in [-0.2, -0.15) is 0 Å². The van der Waals surface area contributed by atoms with Gasteiger partial charge in [0.2, 0.25) is 17.6 Å². The molecule has 1 fully saturated rings. The molecule has 1 aliphatic carbocycles. The van der Waals surface area contributed by atoms with E-state index in [-0.39, 0.29) is 37.0 Å². The van der Waals surface area contributed by atoms with Gasteiger partial charge in [-0.3, -0.25) is 14.6 Å². The fourth-order valence-electron chi connectivity index (χ4n) is 4.71. The summed E-state index contributed by atoms with van der Waals surface area (Å²) in [6.45, 7) is 0.832. The molecule has 10 nitrogen and oxygen atoms in total. The molecule has 0 saturated heterocycles. The summed E-state index contributed by atoms with van der Waals surface area (Å²) >= 11 is 0. The summed E-state index contributed by atoms with van der Waals surface area (Å²) in [7, 11) is 0. The van der Waals surface area contributed by atoms with Crippen LogP contribution >= 0.6 is 0 Å². The maximum Gasteiger partial charge on any atom is 0.240 e. The predicted molar refractivity (Wildman–Crippen MR) is 152 cm³/mol. The lowest BCUT2D eigenvalue weighted by molar-refractivity contribution is -0.131. The molecule has 0 bridgehead atoms. The van der Waals surface area contributed by atoms with Gasteiger partial charge in [0.15, 0.2) is 23.1 Å². The van der Waals surface area contributed by atoms with E-state index in [0.29, 0.717) is 59.7 Å². The Kier molecular flexibility index (Phi) is 7.68. The summed E-state index contributed by atoms with van der Waals surface area (Å²) in [6, 6.07) is 12.4. The zero-order valence-corrected chi connectivity index (χ0v) is 22.8. The van der Waals surface area contributed by atoms with Crippen LogP contribution in [0.5, 0.6) is 28.7 Å². The van der Waals surface area contributed by atoms with E-state index in [2.05, 4.69) is 15.6 Å². The van der Waals surface area contributed by atoms with Gasteiger partial charge >= 0.3 is 0 Å². The number of aromatic nitrogens is 1. The summed E-state index contributed by atoms with van der Waals surface area (Å²) < 4.78 is 51.9. The van der Waals surface area contributed by atoms with Gasteiger partial charge in [0.25, 0.3) is 0 Å². The molecule has 1 aliphatic heterocycles. The number of carbonyl (C=O) groups excluding carboxylic acids is 2. The van der Waals surface area contributed by atoms with Crippen LogP contribution in [-0.4, -0.2) is 48.3 Å². The molecule has 43 heavy (non-hydrogen) atoms. The molecule has 222 valence electrons. The number of benzene rings is 3. The third kappa shape index (κ3) is 5.73. The molecule has 12 heteroatoms. The number of aliphatic hydroxyl groups excluding tert-OH is 1. The van der Waals surface area contributed by atoms with Gasteiger partial charge in [0, 0.05) is 42.7 Å². The van der Waals surface area contributed by atoms with Crippen LogP contribution in [0, 0.1) is 17.0 Å². The molecule has 1 aromatic heterocycles. The Bertz CT molecular complexity index is 1690. The van der Waals surface area contributed by atoms with Crippen LogP contribution < -0.4 is 29.6 Å². The number of hydrogen-bond donors (Lipinski definition) is 3. The van der Waals surface area contributed by atoms with E-state index in [9.17, 15) is 14.0 Å². The van der Waals surface area contributed by atoms with Gasteiger partial charge in [-0.15, -0.1) is 0 Å². The number of ether oxygens (including phenoxy) is 4. The zero-order chi connectivity index (χ0) is 30.0. The molecule has 0 atom stereocenters. The highest BCUT2D eigenvalue weighted by atomic mass is 19.1. The highest BCUT2D eigenvalue weighted by molar-refractivity contribution is 6.16. The van der Waals surface area contributed by atoms with Crippen molar-refractivity contribution in [2.45, 2.75) is 19.3 Å². The Morgan fingerprint density at radius 1 is 0.884 bits per heavy atom. The van der Waals surface area contributed by atoms with Crippen molar-refractivity contribution in [3.8, 4) is 28.7 Å². The standard InChI is InChI=1S/C31H27F2N3O7/c32-18-2-4-19(5-3-18)35-29(38)31(9-10-31)30(39)36-20-6-7-23(21(33)16-20)43-24-8-11-34-22-17-25(40-13-1-12-37)27-28(26(22)24)42-15-14-41-27/h2-8,11,16-17,37H,1,9-10,12-15H2,(H,35,38)(H,36,39). The first-order valence-corrected chi connectivity index (χ1v) is 13.7. The number of amides is 2. The van der Waals surface area contributed by atoms with Gasteiger partial charge in [-0.05, 0) is 55.3 Å². The average Bonchev–Trinajstić information content (AvgIpc) is 3.82. The maximum atomic E-state index is 15.3. The Labute approximate surface area is 244 Å². The first-order valence-electron chi connectivity index (χ1n) is 13.7. The predicted octanol–water partition coefficient (Wildman–Crippen LogP) is 5.20. The second-order valence-corrected chi connectivity index (χ2v) is 10.1. The Morgan fingerprint density at radius 2 is 1.58 bits per heavy atom. The average molecular weight is 592 g/mol. The highest BCUT2D eigenvalue weighted by Crippen LogP contribution is 2.49. The number of rotatable bonds is 10. The maximum absolute atomic E-state index is 15.3. The molecule has 4 aromatic rings. The minimum atomic E-state index is -1.29. The quantitative estimate of drug-likeness (QED) is 0.170. The van der Waals surface area contributed by atoms with Crippen molar-refractivity contribution >= 4 is 34.1 Å². The molecule has 1 saturated carbocycles. The van der Waals surface area contributed by atoms with Gasteiger partial charge in [0.1, 0.15) is 30.2 Å². The largest absolute Gasteiger partial charge is 0.489 e. The smallest absolute Gasteiger partial charge is 0.240 e. The van der Waals surface area contributed by atoms with Crippen molar-refractivity contribution in [2.24, 2.45) is 5.41 Å². The third-order valence-electron chi connectivity index (χ3n) is 7.13. The van der Waals surface area contributed by atoms with Crippen LogP contribution in [-0.2, 0) is 9.59 Å². The van der Waals surface area contributed by atoms with Gasteiger partial charge < -0.3 is 34.7 Å². The molecule has 2 heterocycles. The number of halogens is 2. The summed E-state index contributed by atoms with van der Waals surface area (Å²) in [5.41, 5.74) is -0.309. The van der Waals surface area contributed by atoms with Crippen LogP contribution in [0.1, 0.15) is 19.3 Å². The molecule has 6 rings (SSSR count). The van der Waals surface area contributed by atoms with Crippen LogP contribution in [0.25, 0.3) is 10.9 Å². The molecule has 3 aromatic carbocycles. The van der Waals surface area contributed by atoms with E-state index >= 15 is 4.39 Å². The number of fused-ring (bicyclic) bond motifs is 3. The molecule has 0 radical (unpaired) electrons. The van der Waals surface area contributed by atoms with Crippen molar-refractivity contribution in [1.82, 2.24) is 4.98 Å². The normalized spacial score (nSPS) is 14.6. The number of hydrogen-bond acceptors (Lipinski definition) is 8. The van der Waals surface area contributed by atoms with Gasteiger partial charge in [-0.25, -0.2) is 8.78 Å². The summed E-state index contributed by atoms with van der Waals surface area (Å²) in [4.78, 5) is 30.2. The minimum Gasteiger partial charge on any atom is -0.489 e. The van der Waals surface area contributed by atoms with Crippen molar-refractivity contribution in [2.75, 3.05) is 37.1 Å². The lowest BCUT2D eigenvalue weighted by Crippen LogP contribution is -2.35. The summed E-state index contributed by atoms with van der Waals surface area (Å²) in [5.74, 6) is -1.01. The molecule has 0 unspecified atom stereocenters. The molecule has 3 N–H and O–H groups in total. The van der Waals surface area contributed by atoms with E-state index in [1.54, 1.807) is 12.1 Å². The molecular formula is C31H27F2N3O7. The fourth-order valence-corrected chi connectivity index (χ4v) is 4.71. The minimum absolute atomic E-state index is 0.0227. The van der Waals surface area contributed by atoms with Gasteiger partial charge in [-0.1, -0.05) is 0 Å². The Balaban J connectivity index is 1.20. The molecule has 0 spiro atoms. The number of aliphatic hydroxyl groups is 1. The number of carbonyl (C=O) groups is 2. The van der Waals surface area contributed by atoms with E-state index < -0.39 is 28.9 Å². The number of nitrogens with one attached hydrogen (secondary N) is 2. The van der Waals surface area contributed by atoms with Gasteiger partial charge in [0.05, 0.1) is 17.5 Å². The molecule has 2 amide bonds. The summed E-state index contributed by atoms with van der Waals surface area (Å²) in [6.07, 6.45) is 2.60. The first kappa shape index (κ1) is 28.2. The van der Waals surface area contributed by atoms with Crippen LogP contribution in [0.4, 0.5) is 20.2 Å². The Morgan fingerprint density at radius 3 is 2.28 bits per heavy atom. The SMILES string of the molecule is O=C(Nc1ccc(F)cc1)C1(C(=O)Nc2ccc(Oc3ccnc4cc(OCCCO)c5c(c34)OCCO5)c(F)c2)CC1. The van der Waals surface area contributed by atoms with Crippen molar-refractivity contribution < 1.29 is 42.4 Å². The van der Waals surface area contributed by atoms with E-state index in [0.717, 1.165) is 6.07 Å². The van der Waals surface area contributed by atoms with Crippen molar-refractivity contribution in [3.05, 3.63) is 72.4 Å². The van der Waals surface area contributed by atoms with Crippen molar-refractivity contribution in [3.63, 3.8) is 0 Å². The number of nitrogens with zero attached hydrogens (tertiary/aromatic N) is 1. The second-order valence-electron chi connectivity index (χ2n) is 10.1. The highest BCUT2D eigenvalue weighted by Gasteiger charge is 2.56. The molecular weight excluding hydrogens is 564 g/mol. The zero-order valence-electron chi connectivity index (χ0n) is 22.8. The fraction of sp³-hybridized carbons (Fsp3) is 0.258. The second kappa shape index (κ2) is 11.7. The number of pyridine rings is 1. The first-order chi connectivity index (χ1) is 20.9. The third-order valence-corrected chi connectivity index (χ3v) is 7.13.